The molecule has 1 saturated carbocycles. The summed E-state index contributed by atoms with van der Waals surface area (Å²) < 4.78 is 5.74. The van der Waals surface area contributed by atoms with E-state index >= 15 is 0 Å². The molecule has 0 spiro atoms. The van der Waals surface area contributed by atoms with Crippen molar-refractivity contribution in [3.63, 3.8) is 0 Å². The van der Waals surface area contributed by atoms with Crippen LogP contribution >= 0.6 is 0 Å². The lowest BCUT2D eigenvalue weighted by atomic mass is 9.72. The number of aryl methyl sites for hydroxylation is 2. The molecular formula is C19H31NO. The summed E-state index contributed by atoms with van der Waals surface area (Å²) in [5.41, 5.74) is 4.41. The van der Waals surface area contributed by atoms with Crippen LogP contribution < -0.4 is 10.1 Å². The third kappa shape index (κ3) is 3.11. The second-order valence-corrected chi connectivity index (χ2v) is 6.61. The van der Waals surface area contributed by atoms with Crippen LogP contribution in [0.2, 0.25) is 0 Å². The van der Waals surface area contributed by atoms with Crippen molar-refractivity contribution in [2.75, 3.05) is 13.7 Å². The Morgan fingerprint density at radius 3 is 2.38 bits per heavy atom. The van der Waals surface area contributed by atoms with Gasteiger partial charge in [-0.05, 0) is 62.3 Å². The van der Waals surface area contributed by atoms with Crippen molar-refractivity contribution >= 4 is 0 Å². The van der Waals surface area contributed by atoms with Crippen LogP contribution in [0.5, 0.6) is 5.75 Å². The molecule has 0 saturated heterocycles. The Hall–Kier alpha value is -1.02. The van der Waals surface area contributed by atoms with Crippen LogP contribution in [0.1, 0.15) is 68.7 Å². The maximum absolute atomic E-state index is 5.74. The molecule has 2 nitrogen and oxygen atoms in total. The molecule has 1 aliphatic rings. The van der Waals surface area contributed by atoms with Crippen molar-refractivity contribution in [3.05, 3.63) is 28.8 Å². The second kappa shape index (κ2) is 6.83. The van der Waals surface area contributed by atoms with Crippen molar-refractivity contribution in [1.82, 2.24) is 5.32 Å². The maximum Gasteiger partial charge on any atom is 0.124 e. The van der Waals surface area contributed by atoms with Gasteiger partial charge in [-0.3, -0.25) is 0 Å². The molecule has 1 aromatic rings. The lowest BCUT2D eigenvalue weighted by molar-refractivity contribution is 0.185. The predicted octanol–water partition coefficient (Wildman–Crippen LogP) is 4.93. The van der Waals surface area contributed by atoms with E-state index in [4.69, 9.17) is 4.74 Å². The van der Waals surface area contributed by atoms with Gasteiger partial charge in [0.2, 0.25) is 0 Å². The minimum atomic E-state index is 0.392. The van der Waals surface area contributed by atoms with E-state index in [1.807, 2.05) is 0 Å². The molecule has 1 atom stereocenters. The number of rotatable bonds is 6. The van der Waals surface area contributed by atoms with E-state index in [1.165, 1.54) is 48.8 Å². The lowest BCUT2D eigenvalue weighted by Gasteiger charge is -2.39. The zero-order valence-electron chi connectivity index (χ0n) is 14.4. The first-order valence-electron chi connectivity index (χ1n) is 8.46. The quantitative estimate of drug-likeness (QED) is 0.801. The van der Waals surface area contributed by atoms with Gasteiger partial charge in [-0.15, -0.1) is 0 Å². The second-order valence-electron chi connectivity index (χ2n) is 6.61. The summed E-state index contributed by atoms with van der Waals surface area (Å²) in [7, 11) is 1.80. The van der Waals surface area contributed by atoms with Crippen molar-refractivity contribution in [2.45, 2.75) is 65.8 Å². The normalized spacial score (nSPS) is 18.7. The first-order valence-corrected chi connectivity index (χ1v) is 8.46. The van der Waals surface area contributed by atoms with Crippen LogP contribution in [0.4, 0.5) is 0 Å². The van der Waals surface area contributed by atoms with Gasteiger partial charge >= 0.3 is 0 Å². The predicted molar refractivity (Wildman–Crippen MR) is 90.1 cm³/mol. The van der Waals surface area contributed by atoms with Gasteiger partial charge in [-0.1, -0.05) is 32.8 Å². The fraction of sp³-hybridized carbons (Fsp3) is 0.684. The van der Waals surface area contributed by atoms with Gasteiger partial charge in [0.15, 0.2) is 0 Å². The zero-order valence-corrected chi connectivity index (χ0v) is 14.4. The Labute approximate surface area is 130 Å². The van der Waals surface area contributed by atoms with Crippen molar-refractivity contribution in [3.8, 4) is 5.75 Å². The molecule has 0 aliphatic heterocycles. The number of ether oxygens (including phenoxy) is 1. The SMILES string of the molecule is CCNC(c1c(C)cc(C)cc1OC)C1(CC)CCCC1. The highest BCUT2D eigenvalue weighted by Gasteiger charge is 2.41. The molecule has 0 aromatic heterocycles. The van der Waals surface area contributed by atoms with Crippen molar-refractivity contribution in [1.29, 1.82) is 0 Å². The monoisotopic (exact) mass is 289 g/mol. The van der Waals surface area contributed by atoms with Crippen molar-refractivity contribution < 1.29 is 4.74 Å². The summed E-state index contributed by atoms with van der Waals surface area (Å²) in [6.07, 6.45) is 6.63. The van der Waals surface area contributed by atoms with Crippen LogP contribution in [-0.4, -0.2) is 13.7 Å². The van der Waals surface area contributed by atoms with E-state index in [0.29, 0.717) is 11.5 Å². The smallest absolute Gasteiger partial charge is 0.124 e. The number of nitrogens with one attached hydrogen (secondary N) is 1. The van der Waals surface area contributed by atoms with E-state index in [2.05, 4.69) is 45.1 Å². The van der Waals surface area contributed by atoms with E-state index in [-0.39, 0.29) is 0 Å². The lowest BCUT2D eigenvalue weighted by Crippen LogP contribution is -2.37. The fourth-order valence-electron chi connectivity index (χ4n) is 4.23. The Bertz CT molecular complexity index is 475. The third-order valence-electron chi connectivity index (χ3n) is 5.33. The number of hydrogen-bond donors (Lipinski definition) is 1. The molecule has 0 heterocycles. The molecule has 1 aromatic carbocycles. The number of methoxy groups -OCH3 is 1. The summed E-state index contributed by atoms with van der Waals surface area (Å²) in [6, 6.07) is 4.89. The Kier molecular flexibility index (Phi) is 5.32. The highest BCUT2D eigenvalue weighted by atomic mass is 16.5. The van der Waals surface area contributed by atoms with E-state index in [0.717, 1.165) is 12.3 Å². The van der Waals surface area contributed by atoms with Crippen LogP contribution in [-0.2, 0) is 0 Å². The first-order chi connectivity index (χ1) is 10.1. The van der Waals surface area contributed by atoms with Crippen LogP contribution in [0.25, 0.3) is 0 Å². The molecule has 1 aliphatic carbocycles. The van der Waals surface area contributed by atoms with Crippen molar-refractivity contribution in [2.24, 2.45) is 5.41 Å². The standard InChI is InChI=1S/C19H31NO/c1-6-19(10-8-9-11-19)18(20-7-2)17-15(4)12-14(3)13-16(17)21-5/h12-13,18,20H,6-11H2,1-5H3. The maximum atomic E-state index is 5.74. The summed E-state index contributed by atoms with van der Waals surface area (Å²) in [5.74, 6) is 1.05. The van der Waals surface area contributed by atoms with Crippen LogP contribution in [0.3, 0.4) is 0 Å². The average molecular weight is 289 g/mol. The van der Waals surface area contributed by atoms with Crippen LogP contribution in [0, 0.1) is 19.3 Å². The van der Waals surface area contributed by atoms with Gasteiger partial charge in [0.1, 0.15) is 5.75 Å². The van der Waals surface area contributed by atoms with Gasteiger partial charge in [0.05, 0.1) is 7.11 Å². The van der Waals surface area contributed by atoms with E-state index < -0.39 is 0 Å². The van der Waals surface area contributed by atoms with Gasteiger partial charge in [0.25, 0.3) is 0 Å². The average Bonchev–Trinajstić information content (AvgIpc) is 2.94. The van der Waals surface area contributed by atoms with E-state index in [1.54, 1.807) is 7.11 Å². The molecule has 0 amide bonds. The molecule has 2 heteroatoms. The topological polar surface area (TPSA) is 21.3 Å². The molecule has 2 rings (SSSR count). The Morgan fingerprint density at radius 2 is 1.86 bits per heavy atom. The summed E-state index contributed by atoms with van der Waals surface area (Å²) in [5, 5.41) is 3.79. The largest absolute Gasteiger partial charge is 0.496 e. The first kappa shape index (κ1) is 16.4. The minimum absolute atomic E-state index is 0.392. The minimum Gasteiger partial charge on any atom is -0.496 e. The molecule has 0 radical (unpaired) electrons. The number of hydrogen-bond acceptors (Lipinski definition) is 2. The molecule has 0 bridgehead atoms. The highest BCUT2D eigenvalue weighted by Crippen LogP contribution is 2.52. The van der Waals surface area contributed by atoms with Crippen LogP contribution in [0.15, 0.2) is 12.1 Å². The molecule has 21 heavy (non-hydrogen) atoms. The summed E-state index contributed by atoms with van der Waals surface area (Å²) in [6.45, 7) is 9.94. The highest BCUT2D eigenvalue weighted by molar-refractivity contribution is 5.46. The van der Waals surface area contributed by atoms with Gasteiger partial charge < -0.3 is 10.1 Å². The zero-order chi connectivity index (χ0) is 15.5. The molecule has 118 valence electrons. The Balaban J connectivity index is 2.52. The van der Waals surface area contributed by atoms with Gasteiger partial charge in [0, 0.05) is 11.6 Å². The summed E-state index contributed by atoms with van der Waals surface area (Å²) in [4.78, 5) is 0. The molecule has 1 unspecified atom stereocenters. The molecule has 1 N–H and O–H groups in total. The summed E-state index contributed by atoms with van der Waals surface area (Å²) >= 11 is 0. The fourth-order valence-corrected chi connectivity index (χ4v) is 4.23. The molecule has 1 fully saturated rings. The number of benzene rings is 1. The van der Waals surface area contributed by atoms with E-state index in [9.17, 15) is 0 Å². The third-order valence-corrected chi connectivity index (χ3v) is 5.33. The molecular weight excluding hydrogens is 258 g/mol. The van der Waals surface area contributed by atoms with Gasteiger partial charge in [-0.25, -0.2) is 0 Å². The van der Waals surface area contributed by atoms with Gasteiger partial charge in [-0.2, -0.15) is 0 Å². The Morgan fingerprint density at radius 1 is 1.19 bits per heavy atom.